The molecule has 2 aliphatic heterocycles. The van der Waals surface area contributed by atoms with Crippen LogP contribution in [0.1, 0.15) is 11.1 Å². The smallest absolute Gasteiger partial charge is 0.234 e. The van der Waals surface area contributed by atoms with E-state index in [-0.39, 0.29) is 18.8 Å². The van der Waals surface area contributed by atoms with Gasteiger partial charge in [-0.3, -0.25) is 9.69 Å². The monoisotopic (exact) mass is 354 g/mol. The molecular weight excluding hydrogens is 332 g/mol. The number of nitrogens with zero attached hydrogens (tertiary/aromatic N) is 1. The third kappa shape index (κ3) is 3.75. The summed E-state index contributed by atoms with van der Waals surface area (Å²) in [5, 5.41) is 2.97. The highest BCUT2D eigenvalue weighted by Gasteiger charge is 2.22. The number of likely N-dealkylation sites (N-methyl/N-ethyl adjacent to an activating group) is 1. The SMILES string of the molecule is CN(CC(=O)NCC1Cc2ccccc2O1)Cc1ccc2c(c1)OCO2. The Morgan fingerprint density at radius 3 is 2.88 bits per heavy atom. The molecule has 26 heavy (non-hydrogen) atoms. The maximum Gasteiger partial charge on any atom is 0.234 e. The molecule has 0 saturated carbocycles. The number of nitrogens with one attached hydrogen (secondary N) is 1. The van der Waals surface area contributed by atoms with Crippen molar-refractivity contribution < 1.29 is 19.0 Å². The average molecular weight is 354 g/mol. The maximum absolute atomic E-state index is 12.2. The molecule has 1 amide bonds. The number of fused-ring (bicyclic) bond motifs is 2. The normalized spacial score (nSPS) is 17.1. The van der Waals surface area contributed by atoms with Crippen LogP contribution in [0.25, 0.3) is 0 Å². The zero-order chi connectivity index (χ0) is 17.9. The van der Waals surface area contributed by atoms with Crippen molar-refractivity contribution in [1.82, 2.24) is 10.2 Å². The third-order valence-corrected chi connectivity index (χ3v) is 4.54. The van der Waals surface area contributed by atoms with Gasteiger partial charge in [-0.25, -0.2) is 0 Å². The Hall–Kier alpha value is -2.73. The molecule has 0 radical (unpaired) electrons. The van der Waals surface area contributed by atoms with E-state index in [0.29, 0.717) is 19.6 Å². The van der Waals surface area contributed by atoms with E-state index in [1.807, 2.05) is 48.3 Å². The van der Waals surface area contributed by atoms with E-state index in [1.165, 1.54) is 5.56 Å². The van der Waals surface area contributed by atoms with Gasteiger partial charge in [-0.1, -0.05) is 24.3 Å². The summed E-state index contributed by atoms with van der Waals surface area (Å²) in [6.45, 7) is 1.78. The van der Waals surface area contributed by atoms with Crippen LogP contribution in [-0.2, 0) is 17.8 Å². The Kier molecular flexibility index (Phi) is 4.67. The van der Waals surface area contributed by atoms with E-state index in [4.69, 9.17) is 14.2 Å². The molecule has 6 heteroatoms. The van der Waals surface area contributed by atoms with Crippen LogP contribution in [0.5, 0.6) is 17.2 Å². The second-order valence-electron chi connectivity index (χ2n) is 6.72. The van der Waals surface area contributed by atoms with E-state index in [9.17, 15) is 4.79 Å². The fourth-order valence-electron chi connectivity index (χ4n) is 3.30. The number of ether oxygens (including phenoxy) is 3. The maximum atomic E-state index is 12.2. The first-order valence-electron chi connectivity index (χ1n) is 8.76. The lowest BCUT2D eigenvalue weighted by Crippen LogP contribution is -2.39. The largest absolute Gasteiger partial charge is 0.488 e. The van der Waals surface area contributed by atoms with E-state index < -0.39 is 0 Å². The molecule has 2 aromatic rings. The third-order valence-electron chi connectivity index (χ3n) is 4.54. The van der Waals surface area contributed by atoms with Crippen molar-refractivity contribution in [3.8, 4) is 17.2 Å². The lowest BCUT2D eigenvalue weighted by atomic mass is 10.1. The number of amides is 1. The fourth-order valence-corrected chi connectivity index (χ4v) is 3.30. The molecule has 0 saturated heterocycles. The first-order chi connectivity index (χ1) is 12.7. The van der Waals surface area contributed by atoms with Crippen molar-refractivity contribution >= 4 is 5.91 Å². The zero-order valence-electron chi connectivity index (χ0n) is 14.7. The molecule has 1 atom stereocenters. The van der Waals surface area contributed by atoms with Crippen LogP contribution >= 0.6 is 0 Å². The van der Waals surface area contributed by atoms with Crippen molar-refractivity contribution in [2.24, 2.45) is 0 Å². The molecule has 0 bridgehead atoms. The summed E-state index contributed by atoms with van der Waals surface area (Å²) >= 11 is 0. The number of carbonyl (C=O) groups excluding carboxylic acids is 1. The Bertz CT molecular complexity index is 783. The Morgan fingerprint density at radius 2 is 2.00 bits per heavy atom. The summed E-state index contributed by atoms with van der Waals surface area (Å²) in [6, 6.07) is 13.9. The second-order valence-corrected chi connectivity index (χ2v) is 6.72. The minimum Gasteiger partial charge on any atom is -0.488 e. The Balaban J connectivity index is 1.22. The summed E-state index contributed by atoms with van der Waals surface area (Å²) in [5.41, 5.74) is 2.28. The highest BCUT2D eigenvalue weighted by Crippen LogP contribution is 2.32. The summed E-state index contributed by atoms with van der Waals surface area (Å²) in [5.74, 6) is 2.45. The van der Waals surface area contributed by atoms with Gasteiger partial charge in [0.1, 0.15) is 11.9 Å². The lowest BCUT2D eigenvalue weighted by Gasteiger charge is -2.18. The first kappa shape index (κ1) is 16.7. The molecule has 6 nitrogen and oxygen atoms in total. The number of hydrogen-bond donors (Lipinski definition) is 1. The van der Waals surface area contributed by atoms with Gasteiger partial charge in [0, 0.05) is 13.0 Å². The molecule has 4 rings (SSSR count). The van der Waals surface area contributed by atoms with E-state index in [2.05, 4.69) is 11.4 Å². The molecule has 2 heterocycles. The van der Waals surface area contributed by atoms with Gasteiger partial charge in [0.25, 0.3) is 0 Å². The summed E-state index contributed by atoms with van der Waals surface area (Å²) in [7, 11) is 1.92. The zero-order valence-corrected chi connectivity index (χ0v) is 14.7. The van der Waals surface area contributed by atoms with Crippen LogP contribution in [0.4, 0.5) is 0 Å². The number of carbonyl (C=O) groups is 1. The van der Waals surface area contributed by atoms with Crippen LogP contribution in [0, 0.1) is 0 Å². The number of hydrogen-bond acceptors (Lipinski definition) is 5. The Labute approximate surface area is 152 Å². The minimum absolute atomic E-state index is 0.00667. The quantitative estimate of drug-likeness (QED) is 0.859. The van der Waals surface area contributed by atoms with Gasteiger partial charge in [-0.05, 0) is 36.4 Å². The van der Waals surface area contributed by atoms with Gasteiger partial charge in [0.05, 0.1) is 13.1 Å². The molecule has 1 N–H and O–H groups in total. The number of benzene rings is 2. The van der Waals surface area contributed by atoms with Gasteiger partial charge in [0.15, 0.2) is 11.5 Å². The lowest BCUT2D eigenvalue weighted by molar-refractivity contribution is -0.122. The first-order valence-corrected chi connectivity index (χ1v) is 8.76. The van der Waals surface area contributed by atoms with Crippen LogP contribution < -0.4 is 19.5 Å². The van der Waals surface area contributed by atoms with Gasteiger partial charge in [0.2, 0.25) is 12.7 Å². The standard InChI is InChI=1S/C20H22N2O4/c1-22(11-14-6-7-18-19(8-14)25-13-24-18)12-20(23)21-10-16-9-15-4-2-3-5-17(15)26-16/h2-8,16H,9-13H2,1H3,(H,21,23). The summed E-state index contributed by atoms with van der Waals surface area (Å²) < 4.78 is 16.6. The minimum atomic E-state index is -0.00667. The molecule has 0 aromatic heterocycles. The topological polar surface area (TPSA) is 60.0 Å². The highest BCUT2D eigenvalue weighted by atomic mass is 16.7. The van der Waals surface area contributed by atoms with Gasteiger partial charge < -0.3 is 19.5 Å². The van der Waals surface area contributed by atoms with Crippen molar-refractivity contribution in [2.75, 3.05) is 26.9 Å². The summed E-state index contributed by atoms with van der Waals surface area (Å²) in [4.78, 5) is 14.2. The van der Waals surface area contributed by atoms with Gasteiger partial charge >= 0.3 is 0 Å². The van der Waals surface area contributed by atoms with Gasteiger partial charge in [-0.15, -0.1) is 0 Å². The van der Waals surface area contributed by atoms with Crippen LogP contribution in [0.3, 0.4) is 0 Å². The van der Waals surface area contributed by atoms with Crippen molar-refractivity contribution in [2.45, 2.75) is 19.1 Å². The van der Waals surface area contributed by atoms with Crippen molar-refractivity contribution in [1.29, 1.82) is 0 Å². The highest BCUT2D eigenvalue weighted by molar-refractivity contribution is 5.78. The van der Waals surface area contributed by atoms with E-state index in [1.54, 1.807) is 0 Å². The predicted molar refractivity (Wildman–Crippen MR) is 96.5 cm³/mol. The predicted octanol–water partition coefficient (Wildman–Crippen LogP) is 1.97. The second kappa shape index (κ2) is 7.25. The molecule has 2 aliphatic rings. The molecule has 0 aliphatic carbocycles. The average Bonchev–Trinajstić information content (AvgIpc) is 3.25. The molecule has 1 unspecified atom stereocenters. The Morgan fingerprint density at radius 1 is 1.15 bits per heavy atom. The number of rotatable bonds is 6. The molecule has 136 valence electrons. The van der Waals surface area contributed by atoms with Crippen molar-refractivity contribution in [3.05, 3.63) is 53.6 Å². The van der Waals surface area contributed by atoms with Crippen LogP contribution in [0.2, 0.25) is 0 Å². The number of para-hydroxylation sites is 1. The van der Waals surface area contributed by atoms with E-state index in [0.717, 1.165) is 29.2 Å². The van der Waals surface area contributed by atoms with Crippen LogP contribution in [0.15, 0.2) is 42.5 Å². The summed E-state index contributed by atoms with van der Waals surface area (Å²) in [6.07, 6.45) is 0.847. The fraction of sp³-hybridized carbons (Fsp3) is 0.350. The molecular formula is C20H22N2O4. The molecule has 0 spiro atoms. The van der Waals surface area contributed by atoms with Crippen molar-refractivity contribution in [3.63, 3.8) is 0 Å². The molecule has 2 aromatic carbocycles. The van der Waals surface area contributed by atoms with Gasteiger partial charge in [-0.2, -0.15) is 0 Å². The van der Waals surface area contributed by atoms with E-state index >= 15 is 0 Å². The molecule has 0 fully saturated rings. The van der Waals surface area contributed by atoms with Crippen LogP contribution in [-0.4, -0.2) is 43.8 Å².